The van der Waals surface area contributed by atoms with Crippen molar-refractivity contribution in [3.8, 4) is 0 Å². The van der Waals surface area contributed by atoms with E-state index in [1.807, 2.05) is 0 Å². The van der Waals surface area contributed by atoms with Crippen LogP contribution in [0.2, 0.25) is 0 Å². The molecule has 1 aliphatic heterocycles. The number of unbranched alkanes of at least 4 members (excludes halogenated alkanes) is 1. The number of rotatable bonds is 5. The van der Waals surface area contributed by atoms with E-state index in [-0.39, 0.29) is 41.4 Å². The first kappa shape index (κ1) is 17.5. The first-order chi connectivity index (χ1) is 8.94. The molecule has 0 N–H and O–H groups in total. The van der Waals surface area contributed by atoms with E-state index in [1.165, 1.54) is 11.3 Å². The van der Waals surface area contributed by atoms with Crippen molar-refractivity contribution in [1.82, 2.24) is 0 Å². The topological polar surface area (TPSA) is 43.4 Å². The predicted octanol–water partition coefficient (Wildman–Crippen LogP) is -0.903. The smallest absolute Gasteiger partial charge is 0.550 e. The Bertz CT molecular complexity index is 473. The zero-order valence-electron chi connectivity index (χ0n) is 13.0. The quantitative estimate of drug-likeness (QED) is 0.519. The second-order valence-corrected chi connectivity index (χ2v) is 5.94. The summed E-state index contributed by atoms with van der Waals surface area (Å²) in [7, 11) is 0. The first-order valence-corrected chi connectivity index (χ1v) is 7.00. The maximum Gasteiger partial charge on any atom is 1.00 e. The third kappa shape index (κ3) is 3.38. The molecule has 3 nitrogen and oxygen atoms in total. The van der Waals surface area contributed by atoms with E-state index in [2.05, 4.69) is 49.9 Å². The standard InChI is InChI=1S/C16H23NO2.Na/c1-12-16(2,3)13-8-4-5-9-14(13)17(12)11-7-6-10-15(18)19;/h4-5,8-9,12H,6-7,10-11H2,1-3H3,(H,18,19);/q;+1/p-1. The van der Waals surface area contributed by atoms with Gasteiger partial charge in [-0.1, -0.05) is 32.0 Å². The van der Waals surface area contributed by atoms with Gasteiger partial charge in [-0.15, -0.1) is 0 Å². The van der Waals surface area contributed by atoms with Crippen LogP contribution in [-0.2, 0) is 10.2 Å². The molecular formula is C16H22NNaO2. The summed E-state index contributed by atoms with van der Waals surface area (Å²) in [6.45, 7) is 7.71. The Kier molecular flexibility index (Phi) is 6.11. The van der Waals surface area contributed by atoms with Gasteiger partial charge in [0.15, 0.2) is 0 Å². The van der Waals surface area contributed by atoms with Gasteiger partial charge in [-0.2, -0.15) is 0 Å². The van der Waals surface area contributed by atoms with Gasteiger partial charge in [-0.25, -0.2) is 0 Å². The number of hydrogen-bond acceptors (Lipinski definition) is 3. The van der Waals surface area contributed by atoms with Crippen LogP contribution in [0.4, 0.5) is 5.69 Å². The fourth-order valence-corrected chi connectivity index (χ4v) is 2.96. The second-order valence-electron chi connectivity index (χ2n) is 5.94. The molecule has 0 amide bonds. The van der Waals surface area contributed by atoms with Gasteiger partial charge in [-0.05, 0) is 37.8 Å². The van der Waals surface area contributed by atoms with E-state index in [9.17, 15) is 9.90 Å². The number of carboxylic acid groups (broad SMARTS) is 1. The van der Waals surface area contributed by atoms with Crippen molar-refractivity contribution in [3.05, 3.63) is 29.8 Å². The number of aliphatic carboxylic acids is 1. The average Bonchev–Trinajstić information content (AvgIpc) is 2.55. The summed E-state index contributed by atoms with van der Waals surface area (Å²) in [5, 5.41) is 10.4. The molecule has 0 radical (unpaired) electrons. The minimum atomic E-state index is -0.949. The third-order valence-electron chi connectivity index (χ3n) is 4.45. The summed E-state index contributed by atoms with van der Waals surface area (Å²) in [4.78, 5) is 12.8. The second kappa shape index (κ2) is 6.97. The summed E-state index contributed by atoms with van der Waals surface area (Å²) in [5.41, 5.74) is 2.83. The Morgan fingerprint density at radius 2 is 1.95 bits per heavy atom. The fraction of sp³-hybridized carbons (Fsp3) is 0.562. The molecule has 0 saturated carbocycles. The molecule has 0 aliphatic carbocycles. The average molecular weight is 283 g/mol. The summed E-state index contributed by atoms with van der Waals surface area (Å²) >= 11 is 0. The van der Waals surface area contributed by atoms with Crippen LogP contribution in [0, 0.1) is 0 Å². The van der Waals surface area contributed by atoms with Crippen LogP contribution in [0.25, 0.3) is 0 Å². The van der Waals surface area contributed by atoms with Crippen molar-refractivity contribution in [2.24, 2.45) is 0 Å². The molecule has 4 heteroatoms. The van der Waals surface area contributed by atoms with Gasteiger partial charge in [-0.3, -0.25) is 0 Å². The molecular weight excluding hydrogens is 261 g/mol. The largest absolute Gasteiger partial charge is 1.00 e. The van der Waals surface area contributed by atoms with E-state index in [1.54, 1.807) is 0 Å². The maximum absolute atomic E-state index is 10.4. The SMILES string of the molecule is CC1N(CCCCC(=O)[O-])c2ccccc2C1(C)C.[Na+]. The molecule has 0 bridgehead atoms. The van der Waals surface area contributed by atoms with E-state index < -0.39 is 5.97 Å². The molecule has 1 atom stereocenters. The number of fused-ring (bicyclic) bond motifs is 1. The molecule has 104 valence electrons. The van der Waals surface area contributed by atoms with Crippen LogP contribution in [0.5, 0.6) is 0 Å². The normalized spacial score (nSPS) is 19.4. The number of benzene rings is 1. The zero-order chi connectivity index (χ0) is 14.0. The number of hydrogen-bond donors (Lipinski definition) is 0. The van der Waals surface area contributed by atoms with Crippen LogP contribution in [-0.4, -0.2) is 18.6 Å². The Hall–Kier alpha value is -0.510. The Morgan fingerprint density at radius 1 is 1.30 bits per heavy atom. The van der Waals surface area contributed by atoms with Gasteiger partial charge in [0.05, 0.1) is 0 Å². The molecule has 0 spiro atoms. The molecule has 20 heavy (non-hydrogen) atoms. The summed E-state index contributed by atoms with van der Waals surface area (Å²) < 4.78 is 0. The van der Waals surface area contributed by atoms with E-state index >= 15 is 0 Å². The Balaban J connectivity index is 0.00000200. The number of anilines is 1. The molecule has 0 saturated heterocycles. The number of carbonyl (C=O) groups excluding carboxylic acids is 1. The van der Waals surface area contributed by atoms with Gasteiger partial charge in [0.1, 0.15) is 0 Å². The van der Waals surface area contributed by atoms with Crippen LogP contribution in [0.15, 0.2) is 24.3 Å². The molecule has 1 aliphatic rings. The molecule has 1 aromatic rings. The monoisotopic (exact) mass is 283 g/mol. The maximum atomic E-state index is 10.4. The van der Waals surface area contributed by atoms with Crippen molar-refractivity contribution >= 4 is 11.7 Å². The number of carbonyl (C=O) groups is 1. The minimum absolute atomic E-state index is 0. The molecule has 1 unspecified atom stereocenters. The van der Waals surface area contributed by atoms with E-state index in [4.69, 9.17) is 0 Å². The van der Waals surface area contributed by atoms with Gasteiger partial charge >= 0.3 is 29.6 Å². The molecule has 1 heterocycles. The first-order valence-electron chi connectivity index (χ1n) is 7.00. The molecule has 1 aromatic carbocycles. The van der Waals surface area contributed by atoms with Gasteiger partial charge in [0.25, 0.3) is 0 Å². The third-order valence-corrected chi connectivity index (χ3v) is 4.45. The van der Waals surface area contributed by atoms with Crippen molar-refractivity contribution in [2.45, 2.75) is 51.5 Å². The zero-order valence-corrected chi connectivity index (χ0v) is 15.0. The number of carboxylic acids is 1. The number of nitrogens with zero attached hydrogens (tertiary/aromatic N) is 1. The fourth-order valence-electron chi connectivity index (χ4n) is 2.96. The van der Waals surface area contributed by atoms with Crippen molar-refractivity contribution in [2.75, 3.05) is 11.4 Å². The van der Waals surface area contributed by atoms with Crippen LogP contribution in [0.3, 0.4) is 0 Å². The van der Waals surface area contributed by atoms with Crippen molar-refractivity contribution in [3.63, 3.8) is 0 Å². The van der Waals surface area contributed by atoms with Crippen LogP contribution < -0.4 is 39.6 Å². The summed E-state index contributed by atoms with van der Waals surface area (Å²) in [5.74, 6) is -0.949. The van der Waals surface area contributed by atoms with Crippen molar-refractivity contribution in [1.29, 1.82) is 0 Å². The molecule has 0 aromatic heterocycles. The summed E-state index contributed by atoms with van der Waals surface area (Å²) in [6, 6.07) is 8.97. The van der Waals surface area contributed by atoms with Gasteiger partial charge in [0, 0.05) is 29.7 Å². The Labute approximate surface area is 143 Å². The van der Waals surface area contributed by atoms with Gasteiger partial charge in [0.2, 0.25) is 0 Å². The van der Waals surface area contributed by atoms with Crippen LogP contribution in [0.1, 0.15) is 45.6 Å². The van der Waals surface area contributed by atoms with E-state index in [0.717, 1.165) is 13.0 Å². The summed E-state index contributed by atoms with van der Waals surface area (Å²) in [6.07, 6.45) is 1.74. The Morgan fingerprint density at radius 3 is 2.60 bits per heavy atom. The van der Waals surface area contributed by atoms with E-state index in [0.29, 0.717) is 12.5 Å². The van der Waals surface area contributed by atoms with Gasteiger partial charge < -0.3 is 14.8 Å². The minimum Gasteiger partial charge on any atom is -0.550 e. The van der Waals surface area contributed by atoms with Crippen molar-refractivity contribution < 1.29 is 39.5 Å². The molecule has 2 rings (SSSR count). The number of para-hydroxylation sites is 1. The molecule has 0 fully saturated rings. The predicted molar refractivity (Wildman–Crippen MR) is 75.1 cm³/mol. The van der Waals surface area contributed by atoms with Crippen LogP contribution >= 0.6 is 0 Å².